The maximum absolute atomic E-state index is 5.62. The normalized spacial score (nSPS) is 20.9. The van der Waals surface area contributed by atoms with Gasteiger partial charge in [0.15, 0.2) is 0 Å². The molecular weight excluding hydrogens is 178 g/mol. The summed E-state index contributed by atoms with van der Waals surface area (Å²) < 4.78 is 10.9. The molecule has 1 N–H and O–H groups in total. The molecule has 0 saturated heterocycles. The van der Waals surface area contributed by atoms with Gasteiger partial charge in [0.05, 0.1) is 18.8 Å². The van der Waals surface area contributed by atoms with Gasteiger partial charge in [0.2, 0.25) is 0 Å². The van der Waals surface area contributed by atoms with Crippen LogP contribution in [0.5, 0.6) is 0 Å². The molecule has 0 aromatic rings. The van der Waals surface area contributed by atoms with Crippen LogP contribution < -0.4 is 5.32 Å². The van der Waals surface area contributed by atoms with Gasteiger partial charge in [-0.3, -0.25) is 0 Å². The number of rotatable bonds is 5. The van der Waals surface area contributed by atoms with E-state index in [0.29, 0.717) is 6.04 Å². The molecule has 0 bridgehead atoms. The molecule has 1 aliphatic rings. The Labute approximate surface area is 86.5 Å². The Hall–Kier alpha value is -0.540. The Bertz CT molecular complexity index is 192. The lowest BCUT2D eigenvalue weighted by Crippen LogP contribution is -2.33. The van der Waals surface area contributed by atoms with Crippen molar-refractivity contribution in [2.45, 2.75) is 38.3 Å². The maximum Gasteiger partial charge on any atom is 0.109 e. The Morgan fingerprint density at radius 1 is 1.64 bits per heavy atom. The summed E-state index contributed by atoms with van der Waals surface area (Å²) >= 11 is 0. The molecule has 0 spiro atoms. The molecule has 2 atom stereocenters. The van der Waals surface area contributed by atoms with E-state index in [-0.39, 0.29) is 6.10 Å². The molecular formula is C11H21NO2. The predicted octanol–water partition coefficient (Wildman–Crippen LogP) is 1.69. The van der Waals surface area contributed by atoms with Gasteiger partial charge in [0, 0.05) is 7.11 Å². The molecule has 1 rings (SSSR count). The van der Waals surface area contributed by atoms with Crippen molar-refractivity contribution >= 4 is 0 Å². The number of ether oxygens (including phenoxy) is 2. The van der Waals surface area contributed by atoms with Crippen molar-refractivity contribution in [1.29, 1.82) is 0 Å². The van der Waals surface area contributed by atoms with Crippen LogP contribution in [0, 0.1) is 0 Å². The minimum atomic E-state index is 0.263. The zero-order valence-electron chi connectivity index (χ0n) is 9.38. The largest absolute Gasteiger partial charge is 0.497 e. The van der Waals surface area contributed by atoms with E-state index in [9.17, 15) is 0 Å². The van der Waals surface area contributed by atoms with E-state index in [0.717, 1.165) is 31.6 Å². The summed E-state index contributed by atoms with van der Waals surface area (Å²) in [6, 6.07) is 0.297. The van der Waals surface area contributed by atoms with Crippen LogP contribution in [-0.4, -0.2) is 32.9 Å². The van der Waals surface area contributed by atoms with E-state index in [1.165, 1.54) is 0 Å². The maximum atomic E-state index is 5.62. The fourth-order valence-electron chi connectivity index (χ4n) is 1.62. The SMILES string of the molecule is CNC(CC(C)OC)C1=CCCCO1. The second-order valence-electron chi connectivity index (χ2n) is 3.72. The second kappa shape index (κ2) is 6.04. The van der Waals surface area contributed by atoms with Crippen LogP contribution in [-0.2, 0) is 9.47 Å². The number of hydrogen-bond acceptors (Lipinski definition) is 3. The van der Waals surface area contributed by atoms with Crippen molar-refractivity contribution in [3.63, 3.8) is 0 Å². The fraction of sp³-hybridized carbons (Fsp3) is 0.818. The molecule has 3 heteroatoms. The van der Waals surface area contributed by atoms with E-state index in [1.54, 1.807) is 7.11 Å². The molecule has 0 aliphatic carbocycles. The Kier molecular flexibility index (Phi) is 4.98. The van der Waals surface area contributed by atoms with Crippen LogP contribution in [0.15, 0.2) is 11.8 Å². The van der Waals surface area contributed by atoms with Gasteiger partial charge in [0.25, 0.3) is 0 Å². The van der Waals surface area contributed by atoms with Gasteiger partial charge >= 0.3 is 0 Å². The number of nitrogens with one attached hydrogen (secondary N) is 1. The van der Waals surface area contributed by atoms with Gasteiger partial charge in [-0.15, -0.1) is 0 Å². The molecule has 0 fully saturated rings. The third-order valence-electron chi connectivity index (χ3n) is 2.62. The van der Waals surface area contributed by atoms with Gasteiger partial charge in [-0.2, -0.15) is 0 Å². The fourth-order valence-corrected chi connectivity index (χ4v) is 1.62. The summed E-state index contributed by atoms with van der Waals surface area (Å²) in [6.07, 6.45) is 5.68. The van der Waals surface area contributed by atoms with Crippen LogP contribution in [0.25, 0.3) is 0 Å². The van der Waals surface area contributed by atoms with Crippen molar-refractivity contribution in [3.8, 4) is 0 Å². The summed E-state index contributed by atoms with van der Waals surface area (Å²) in [5.74, 6) is 1.09. The number of hydrogen-bond donors (Lipinski definition) is 1. The molecule has 0 saturated carbocycles. The molecule has 0 aromatic heterocycles. The van der Waals surface area contributed by atoms with Crippen molar-refractivity contribution < 1.29 is 9.47 Å². The predicted molar refractivity (Wildman–Crippen MR) is 57.2 cm³/mol. The zero-order valence-corrected chi connectivity index (χ0v) is 9.38. The average Bonchev–Trinajstić information content (AvgIpc) is 2.26. The smallest absolute Gasteiger partial charge is 0.109 e. The van der Waals surface area contributed by atoms with Crippen LogP contribution in [0.2, 0.25) is 0 Å². The zero-order chi connectivity index (χ0) is 10.4. The summed E-state index contributed by atoms with van der Waals surface area (Å²) in [6.45, 7) is 2.93. The molecule has 0 aromatic carbocycles. The number of likely N-dealkylation sites (N-methyl/N-ethyl adjacent to an activating group) is 1. The molecule has 2 unspecified atom stereocenters. The monoisotopic (exact) mass is 199 g/mol. The molecule has 1 aliphatic heterocycles. The number of methoxy groups -OCH3 is 1. The molecule has 14 heavy (non-hydrogen) atoms. The first-order valence-electron chi connectivity index (χ1n) is 5.30. The molecule has 0 radical (unpaired) electrons. The van der Waals surface area contributed by atoms with Gasteiger partial charge in [0.1, 0.15) is 5.76 Å². The van der Waals surface area contributed by atoms with Crippen LogP contribution in [0.4, 0.5) is 0 Å². The lowest BCUT2D eigenvalue weighted by molar-refractivity contribution is 0.0903. The highest BCUT2D eigenvalue weighted by Crippen LogP contribution is 2.17. The van der Waals surface area contributed by atoms with E-state index in [2.05, 4.69) is 18.3 Å². The molecule has 1 heterocycles. The van der Waals surface area contributed by atoms with Crippen LogP contribution in [0.1, 0.15) is 26.2 Å². The summed E-state index contributed by atoms with van der Waals surface area (Å²) in [4.78, 5) is 0. The van der Waals surface area contributed by atoms with Gasteiger partial charge in [-0.25, -0.2) is 0 Å². The Morgan fingerprint density at radius 3 is 2.93 bits per heavy atom. The highest BCUT2D eigenvalue weighted by molar-refractivity contribution is 5.05. The highest BCUT2D eigenvalue weighted by atomic mass is 16.5. The topological polar surface area (TPSA) is 30.5 Å². The van der Waals surface area contributed by atoms with Crippen molar-refractivity contribution in [2.24, 2.45) is 0 Å². The van der Waals surface area contributed by atoms with Crippen LogP contribution >= 0.6 is 0 Å². The van der Waals surface area contributed by atoms with Crippen LogP contribution in [0.3, 0.4) is 0 Å². The number of allylic oxidation sites excluding steroid dienone is 1. The standard InChI is InChI=1S/C11H21NO2/c1-9(13-3)8-10(12-2)11-6-4-5-7-14-11/h6,9-10,12H,4-5,7-8H2,1-3H3. The molecule has 82 valence electrons. The summed E-state index contributed by atoms with van der Waals surface area (Å²) in [5.41, 5.74) is 0. The Balaban J connectivity index is 2.47. The lowest BCUT2D eigenvalue weighted by Gasteiger charge is -2.25. The first-order valence-corrected chi connectivity index (χ1v) is 5.30. The highest BCUT2D eigenvalue weighted by Gasteiger charge is 2.18. The van der Waals surface area contributed by atoms with Gasteiger partial charge in [-0.05, 0) is 39.3 Å². The van der Waals surface area contributed by atoms with Crippen molar-refractivity contribution in [1.82, 2.24) is 5.32 Å². The van der Waals surface area contributed by atoms with E-state index < -0.39 is 0 Å². The third-order valence-corrected chi connectivity index (χ3v) is 2.62. The quantitative estimate of drug-likeness (QED) is 0.731. The van der Waals surface area contributed by atoms with Crippen molar-refractivity contribution in [3.05, 3.63) is 11.8 Å². The third kappa shape index (κ3) is 3.31. The van der Waals surface area contributed by atoms with E-state index in [1.807, 2.05) is 7.05 Å². The molecule has 0 amide bonds. The van der Waals surface area contributed by atoms with Gasteiger partial charge in [-0.1, -0.05) is 0 Å². The second-order valence-corrected chi connectivity index (χ2v) is 3.72. The summed E-state index contributed by atoms with van der Waals surface area (Å²) in [7, 11) is 3.71. The molecule has 3 nitrogen and oxygen atoms in total. The minimum Gasteiger partial charge on any atom is -0.497 e. The van der Waals surface area contributed by atoms with Gasteiger partial charge < -0.3 is 14.8 Å². The van der Waals surface area contributed by atoms with E-state index >= 15 is 0 Å². The first-order chi connectivity index (χ1) is 6.77. The first kappa shape index (κ1) is 11.5. The van der Waals surface area contributed by atoms with E-state index in [4.69, 9.17) is 9.47 Å². The Morgan fingerprint density at radius 2 is 2.43 bits per heavy atom. The lowest BCUT2D eigenvalue weighted by atomic mass is 10.1. The summed E-state index contributed by atoms with van der Waals surface area (Å²) in [5, 5.41) is 3.26. The van der Waals surface area contributed by atoms with Crippen molar-refractivity contribution in [2.75, 3.05) is 20.8 Å². The minimum absolute atomic E-state index is 0.263. The average molecular weight is 199 g/mol.